The zero-order chi connectivity index (χ0) is 13.7. The van der Waals surface area contributed by atoms with E-state index in [0.29, 0.717) is 19.6 Å². The van der Waals surface area contributed by atoms with Gasteiger partial charge in [-0.05, 0) is 24.1 Å². The molecule has 1 aromatic rings. The Balaban J connectivity index is 2.01. The molecule has 0 aliphatic carbocycles. The smallest absolute Gasteiger partial charge is 0.307 e. The number of fused-ring (bicyclic) bond motifs is 1. The number of hydrogen-bond acceptors (Lipinski definition) is 4. The maximum absolute atomic E-state index is 11.1. The van der Waals surface area contributed by atoms with Crippen molar-refractivity contribution in [2.45, 2.75) is 24.6 Å². The number of carbonyl (C=O) groups is 1. The van der Waals surface area contributed by atoms with Crippen LogP contribution in [0.3, 0.4) is 0 Å². The molecule has 0 spiro atoms. The zero-order valence-electron chi connectivity index (χ0n) is 10.9. The molecule has 0 aromatic heterocycles. The van der Waals surface area contributed by atoms with E-state index < -0.39 is 0 Å². The van der Waals surface area contributed by atoms with E-state index in [1.807, 2.05) is 18.2 Å². The van der Waals surface area contributed by atoms with Gasteiger partial charge >= 0.3 is 5.97 Å². The van der Waals surface area contributed by atoms with Crippen molar-refractivity contribution in [1.82, 2.24) is 0 Å². The summed E-state index contributed by atoms with van der Waals surface area (Å²) in [6.07, 6.45) is 1.67. The summed E-state index contributed by atoms with van der Waals surface area (Å²) in [5.41, 5.74) is 1.02. The SMILES string of the molecule is COC(=O)CC(Cl)Cc1ccc2c(c1)OCCCO2. The van der Waals surface area contributed by atoms with Gasteiger partial charge in [-0.1, -0.05) is 6.07 Å². The molecule has 104 valence electrons. The molecular weight excluding hydrogens is 268 g/mol. The van der Waals surface area contributed by atoms with Crippen molar-refractivity contribution < 1.29 is 19.0 Å². The first kappa shape index (κ1) is 14.0. The summed E-state index contributed by atoms with van der Waals surface area (Å²) in [6.45, 7) is 1.33. The van der Waals surface area contributed by atoms with Crippen LogP contribution in [0, 0.1) is 0 Å². The van der Waals surface area contributed by atoms with Gasteiger partial charge in [0.15, 0.2) is 11.5 Å². The second-order valence-electron chi connectivity index (χ2n) is 4.41. The van der Waals surface area contributed by atoms with Crippen molar-refractivity contribution in [3.63, 3.8) is 0 Å². The van der Waals surface area contributed by atoms with E-state index in [4.69, 9.17) is 21.1 Å². The fourth-order valence-corrected chi connectivity index (χ4v) is 2.23. The largest absolute Gasteiger partial charge is 0.490 e. The van der Waals surface area contributed by atoms with Crippen LogP contribution in [-0.2, 0) is 16.0 Å². The molecule has 1 atom stereocenters. The highest BCUT2D eigenvalue weighted by Crippen LogP contribution is 2.31. The summed E-state index contributed by atoms with van der Waals surface area (Å²) in [5.74, 6) is 1.21. The third kappa shape index (κ3) is 4.03. The molecule has 5 heteroatoms. The highest BCUT2D eigenvalue weighted by atomic mass is 35.5. The van der Waals surface area contributed by atoms with Crippen LogP contribution in [0.4, 0.5) is 0 Å². The number of alkyl halides is 1. The van der Waals surface area contributed by atoms with Crippen LogP contribution in [0.1, 0.15) is 18.4 Å². The predicted octanol–water partition coefficient (Wildman–Crippen LogP) is 2.56. The topological polar surface area (TPSA) is 44.8 Å². The zero-order valence-corrected chi connectivity index (χ0v) is 11.6. The normalized spacial score (nSPS) is 15.5. The molecule has 0 saturated carbocycles. The van der Waals surface area contributed by atoms with Gasteiger partial charge in [-0.25, -0.2) is 0 Å². The summed E-state index contributed by atoms with van der Waals surface area (Å²) < 4.78 is 15.8. The van der Waals surface area contributed by atoms with E-state index in [0.717, 1.165) is 23.5 Å². The van der Waals surface area contributed by atoms with E-state index in [1.165, 1.54) is 7.11 Å². The Labute approximate surface area is 117 Å². The van der Waals surface area contributed by atoms with Gasteiger partial charge in [-0.2, -0.15) is 0 Å². The van der Waals surface area contributed by atoms with Crippen molar-refractivity contribution >= 4 is 17.6 Å². The number of ether oxygens (including phenoxy) is 3. The molecule has 1 heterocycles. The minimum atomic E-state index is -0.297. The molecule has 19 heavy (non-hydrogen) atoms. The lowest BCUT2D eigenvalue weighted by molar-refractivity contribution is -0.140. The summed E-state index contributed by atoms with van der Waals surface area (Å²) in [7, 11) is 1.36. The number of benzene rings is 1. The molecule has 2 rings (SSSR count). The molecule has 0 fully saturated rings. The van der Waals surface area contributed by atoms with Gasteiger partial charge in [0.05, 0.1) is 26.7 Å². The first-order valence-corrected chi connectivity index (χ1v) is 6.72. The van der Waals surface area contributed by atoms with Gasteiger partial charge in [0.2, 0.25) is 0 Å². The monoisotopic (exact) mass is 284 g/mol. The Morgan fingerprint density at radius 3 is 2.84 bits per heavy atom. The molecule has 0 amide bonds. The minimum Gasteiger partial charge on any atom is -0.490 e. The van der Waals surface area contributed by atoms with E-state index >= 15 is 0 Å². The number of methoxy groups -OCH3 is 1. The second kappa shape index (κ2) is 6.66. The third-order valence-electron chi connectivity index (χ3n) is 2.88. The van der Waals surface area contributed by atoms with Crippen LogP contribution in [0.25, 0.3) is 0 Å². The van der Waals surface area contributed by atoms with Crippen LogP contribution in [-0.4, -0.2) is 31.7 Å². The van der Waals surface area contributed by atoms with Gasteiger partial charge in [-0.15, -0.1) is 11.6 Å². The van der Waals surface area contributed by atoms with Crippen LogP contribution in [0.5, 0.6) is 11.5 Å². The summed E-state index contributed by atoms with van der Waals surface area (Å²) >= 11 is 6.13. The average molecular weight is 285 g/mol. The van der Waals surface area contributed by atoms with Crippen molar-refractivity contribution in [2.24, 2.45) is 0 Å². The van der Waals surface area contributed by atoms with Crippen LogP contribution in [0.15, 0.2) is 18.2 Å². The van der Waals surface area contributed by atoms with Crippen LogP contribution in [0.2, 0.25) is 0 Å². The first-order chi connectivity index (χ1) is 9.19. The van der Waals surface area contributed by atoms with E-state index in [9.17, 15) is 4.79 Å². The van der Waals surface area contributed by atoms with Crippen molar-refractivity contribution in [3.8, 4) is 11.5 Å². The number of carbonyl (C=O) groups excluding carboxylic acids is 1. The Morgan fingerprint density at radius 1 is 1.37 bits per heavy atom. The van der Waals surface area contributed by atoms with Gasteiger partial charge in [0, 0.05) is 11.8 Å². The number of halogens is 1. The number of esters is 1. The standard InChI is InChI=1S/C14H17ClO4/c1-17-14(16)9-11(15)7-10-3-4-12-13(8-10)19-6-2-5-18-12/h3-4,8,11H,2,5-7,9H2,1H3. The molecule has 0 bridgehead atoms. The molecule has 0 radical (unpaired) electrons. The number of rotatable bonds is 4. The van der Waals surface area contributed by atoms with E-state index in [2.05, 4.69) is 4.74 Å². The number of hydrogen-bond donors (Lipinski definition) is 0. The van der Waals surface area contributed by atoms with E-state index in [1.54, 1.807) is 0 Å². The third-order valence-corrected chi connectivity index (χ3v) is 3.19. The molecule has 1 aliphatic heterocycles. The van der Waals surface area contributed by atoms with Crippen molar-refractivity contribution in [2.75, 3.05) is 20.3 Å². The quantitative estimate of drug-likeness (QED) is 0.630. The first-order valence-electron chi connectivity index (χ1n) is 6.28. The fourth-order valence-electron chi connectivity index (χ4n) is 1.93. The lowest BCUT2D eigenvalue weighted by Crippen LogP contribution is -2.12. The van der Waals surface area contributed by atoms with Crippen molar-refractivity contribution in [3.05, 3.63) is 23.8 Å². The highest BCUT2D eigenvalue weighted by molar-refractivity contribution is 6.21. The Hall–Kier alpha value is -1.42. The Morgan fingerprint density at radius 2 is 2.11 bits per heavy atom. The maximum Gasteiger partial charge on any atom is 0.307 e. The van der Waals surface area contributed by atoms with Gasteiger partial charge in [-0.3, -0.25) is 4.79 Å². The predicted molar refractivity (Wildman–Crippen MR) is 72.0 cm³/mol. The molecule has 0 N–H and O–H groups in total. The Kier molecular flexibility index (Phi) is 4.91. The second-order valence-corrected chi connectivity index (χ2v) is 5.03. The molecule has 4 nitrogen and oxygen atoms in total. The van der Waals surface area contributed by atoms with Crippen LogP contribution < -0.4 is 9.47 Å². The maximum atomic E-state index is 11.1. The molecule has 1 aromatic carbocycles. The summed E-state index contributed by atoms with van der Waals surface area (Å²) in [4.78, 5) is 11.1. The lowest BCUT2D eigenvalue weighted by atomic mass is 10.1. The fraction of sp³-hybridized carbons (Fsp3) is 0.500. The molecule has 1 aliphatic rings. The van der Waals surface area contributed by atoms with Gasteiger partial charge < -0.3 is 14.2 Å². The molecular formula is C14H17ClO4. The Bertz CT molecular complexity index is 447. The lowest BCUT2D eigenvalue weighted by Gasteiger charge is -2.11. The molecule has 0 saturated heterocycles. The van der Waals surface area contributed by atoms with Gasteiger partial charge in [0.1, 0.15) is 0 Å². The molecule has 1 unspecified atom stereocenters. The highest BCUT2D eigenvalue weighted by Gasteiger charge is 2.15. The summed E-state index contributed by atoms with van der Waals surface area (Å²) in [6, 6.07) is 5.76. The van der Waals surface area contributed by atoms with Crippen molar-refractivity contribution in [1.29, 1.82) is 0 Å². The van der Waals surface area contributed by atoms with Crippen LogP contribution >= 0.6 is 11.6 Å². The average Bonchev–Trinajstić information content (AvgIpc) is 2.63. The van der Waals surface area contributed by atoms with E-state index in [-0.39, 0.29) is 17.8 Å². The summed E-state index contributed by atoms with van der Waals surface area (Å²) in [5, 5.41) is -0.280. The van der Waals surface area contributed by atoms with Gasteiger partial charge in [0.25, 0.3) is 0 Å². The minimum absolute atomic E-state index is 0.201.